The van der Waals surface area contributed by atoms with Crippen LogP contribution in [0.25, 0.3) is 0 Å². The van der Waals surface area contributed by atoms with Crippen LogP contribution in [0.15, 0.2) is 0 Å². The molecule has 2 rings (SSSR count). The molecule has 2 aliphatic rings. The molecule has 0 aromatic carbocycles. The predicted octanol–water partition coefficient (Wildman–Crippen LogP) is 1.79. The maximum absolute atomic E-state index is 12.6. The summed E-state index contributed by atoms with van der Waals surface area (Å²) < 4.78 is 37.9. The van der Waals surface area contributed by atoms with Crippen molar-refractivity contribution in [2.45, 2.75) is 31.9 Å². The zero-order chi connectivity index (χ0) is 13.2. The average Bonchev–Trinajstić information content (AvgIpc) is 2.81. The zero-order valence-electron chi connectivity index (χ0n) is 10.3. The van der Waals surface area contributed by atoms with Gasteiger partial charge in [0.15, 0.2) is 0 Å². The van der Waals surface area contributed by atoms with E-state index in [0.29, 0.717) is 25.3 Å². The minimum absolute atomic E-state index is 0.113. The van der Waals surface area contributed by atoms with Gasteiger partial charge in [-0.15, -0.1) is 0 Å². The largest absolute Gasteiger partial charge is 0.393 e. The van der Waals surface area contributed by atoms with Gasteiger partial charge in [0.25, 0.3) is 0 Å². The van der Waals surface area contributed by atoms with Crippen LogP contribution in [-0.2, 0) is 4.79 Å². The molecule has 2 aliphatic heterocycles. The lowest BCUT2D eigenvalue weighted by Gasteiger charge is -2.34. The Kier molecular flexibility index (Phi) is 4.14. The molecule has 0 radical (unpaired) electrons. The van der Waals surface area contributed by atoms with E-state index in [0.717, 1.165) is 19.5 Å². The van der Waals surface area contributed by atoms with Gasteiger partial charge < -0.3 is 10.2 Å². The number of piperidine rings is 1. The first-order valence-corrected chi connectivity index (χ1v) is 6.52. The topological polar surface area (TPSA) is 32.3 Å². The first kappa shape index (κ1) is 13.6. The summed E-state index contributed by atoms with van der Waals surface area (Å²) in [7, 11) is 0. The maximum atomic E-state index is 12.6. The number of nitrogens with one attached hydrogen (secondary N) is 1. The number of rotatable bonds is 2. The third-order valence-electron chi connectivity index (χ3n) is 3.86. The van der Waals surface area contributed by atoms with Gasteiger partial charge >= 0.3 is 6.18 Å². The van der Waals surface area contributed by atoms with Crippen molar-refractivity contribution in [1.82, 2.24) is 10.2 Å². The molecule has 2 fully saturated rings. The van der Waals surface area contributed by atoms with Gasteiger partial charge in [0.1, 0.15) is 0 Å². The number of alkyl halides is 3. The highest BCUT2D eigenvalue weighted by Gasteiger charge is 2.42. The smallest absolute Gasteiger partial charge is 0.342 e. The van der Waals surface area contributed by atoms with Gasteiger partial charge in [-0.3, -0.25) is 4.79 Å². The molecule has 0 aromatic heterocycles. The Morgan fingerprint density at radius 1 is 1.33 bits per heavy atom. The standard InChI is InChI=1S/C12H19F3N2O/c13-12(14,15)10-2-1-5-17(8-10)11(18)6-9-3-4-16-7-9/h9-10,16H,1-8H2. The Morgan fingerprint density at radius 3 is 2.72 bits per heavy atom. The van der Waals surface area contributed by atoms with Crippen LogP contribution in [0, 0.1) is 11.8 Å². The number of carbonyl (C=O) groups is 1. The third kappa shape index (κ3) is 3.37. The fourth-order valence-corrected chi connectivity index (χ4v) is 2.74. The lowest BCUT2D eigenvalue weighted by molar-refractivity contribution is -0.188. The molecule has 2 atom stereocenters. The summed E-state index contributed by atoms with van der Waals surface area (Å²) in [5, 5.41) is 3.16. The van der Waals surface area contributed by atoms with Crippen LogP contribution in [-0.4, -0.2) is 43.2 Å². The molecule has 2 heterocycles. The van der Waals surface area contributed by atoms with Crippen molar-refractivity contribution in [2.24, 2.45) is 11.8 Å². The minimum atomic E-state index is -4.17. The fourth-order valence-electron chi connectivity index (χ4n) is 2.74. The number of likely N-dealkylation sites (tertiary alicyclic amines) is 1. The molecule has 1 N–H and O–H groups in total. The molecule has 104 valence electrons. The Hall–Kier alpha value is -0.780. The van der Waals surface area contributed by atoms with Crippen LogP contribution in [0.5, 0.6) is 0 Å². The minimum Gasteiger partial charge on any atom is -0.342 e. The number of carbonyl (C=O) groups excluding carboxylic acids is 1. The number of hydrogen-bond donors (Lipinski definition) is 1. The highest BCUT2D eigenvalue weighted by Crippen LogP contribution is 2.33. The number of halogens is 3. The van der Waals surface area contributed by atoms with Crippen LogP contribution in [0.2, 0.25) is 0 Å². The first-order valence-electron chi connectivity index (χ1n) is 6.52. The molecule has 0 aliphatic carbocycles. The van der Waals surface area contributed by atoms with Gasteiger partial charge in [-0.05, 0) is 38.3 Å². The van der Waals surface area contributed by atoms with Gasteiger partial charge in [-0.2, -0.15) is 13.2 Å². The van der Waals surface area contributed by atoms with Gasteiger partial charge in [0.2, 0.25) is 5.91 Å². The van der Waals surface area contributed by atoms with E-state index in [-0.39, 0.29) is 18.9 Å². The van der Waals surface area contributed by atoms with E-state index < -0.39 is 12.1 Å². The molecular formula is C12H19F3N2O. The normalized spacial score (nSPS) is 29.6. The van der Waals surface area contributed by atoms with E-state index in [1.165, 1.54) is 4.90 Å². The van der Waals surface area contributed by atoms with E-state index >= 15 is 0 Å². The summed E-state index contributed by atoms with van der Waals surface area (Å²) >= 11 is 0. The fraction of sp³-hybridized carbons (Fsp3) is 0.917. The van der Waals surface area contributed by atoms with Gasteiger partial charge in [0.05, 0.1) is 5.92 Å². The zero-order valence-corrected chi connectivity index (χ0v) is 10.3. The van der Waals surface area contributed by atoms with Crippen molar-refractivity contribution in [1.29, 1.82) is 0 Å². The Bertz CT molecular complexity index is 300. The molecule has 0 bridgehead atoms. The Morgan fingerprint density at radius 2 is 2.11 bits per heavy atom. The highest BCUT2D eigenvalue weighted by atomic mass is 19.4. The van der Waals surface area contributed by atoms with Crippen LogP contribution in [0.1, 0.15) is 25.7 Å². The van der Waals surface area contributed by atoms with Gasteiger partial charge in [0, 0.05) is 19.5 Å². The lowest BCUT2D eigenvalue weighted by Crippen LogP contribution is -2.45. The summed E-state index contributed by atoms with van der Waals surface area (Å²) in [4.78, 5) is 13.4. The molecular weight excluding hydrogens is 245 g/mol. The summed E-state index contributed by atoms with van der Waals surface area (Å²) in [6, 6.07) is 0. The second kappa shape index (κ2) is 5.47. The second-order valence-electron chi connectivity index (χ2n) is 5.28. The van der Waals surface area contributed by atoms with E-state index in [2.05, 4.69) is 5.32 Å². The predicted molar refractivity (Wildman–Crippen MR) is 61.0 cm³/mol. The lowest BCUT2D eigenvalue weighted by atomic mass is 9.96. The van der Waals surface area contributed by atoms with Crippen molar-refractivity contribution in [3.05, 3.63) is 0 Å². The van der Waals surface area contributed by atoms with Gasteiger partial charge in [-0.25, -0.2) is 0 Å². The molecule has 1 amide bonds. The second-order valence-corrected chi connectivity index (χ2v) is 5.28. The van der Waals surface area contributed by atoms with E-state index in [4.69, 9.17) is 0 Å². The van der Waals surface area contributed by atoms with Crippen molar-refractivity contribution >= 4 is 5.91 Å². The monoisotopic (exact) mass is 264 g/mol. The van der Waals surface area contributed by atoms with Crippen molar-refractivity contribution in [2.75, 3.05) is 26.2 Å². The summed E-state index contributed by atoms with van der Waals surface area (Å²) in [5.41, 5.74) is 0. The van der Waals surface area contributed by atoms with Crippen LogP contribution < -0.4 is 5.32 Å². The quantitative estimate of drug-likeness (QED) is 0.824. The maximum Gasteiger partial charge on any atom is 0.393 e. The molecule has 0 spiro atoms. The number of nitrogens with zero attached hydrogens (tertiary/aromatic N) is 1. The average molecular weight is 264 g/mol. The van der Waals surface area contributed by atoms with E-state index in [1.807, 2.05) is 0 Å². The van der Waals surface area contributed by atoms with Crippen LogP contribution >= 0.6 is 0 Å². The first-order chi connectivity index (χ1) is 8.47. The molecule has 2 unspecified atom stereocenters. The van der Waals surface area contributed by atoms with Crippen LogP contribution in [0.4, 0.5) is 13.2 Å². The molecule has 6 heteroatoms. The summed E-state index contributed by atoms with van der Waals surface area (Å²) in [6.07, 6.45) is -2.23. The van der Waals surface area contributed by atoms with Crippen molar-refractivity contribution in [3.8, 4) is 0 Å². The number of amides is 1. The number of hydrogen-bond acceptors (Lipinski definition) is 2. The summed E-state index contributed by atoms with van der Waals surface area (Å²) in [5.74, 6) is -1.15. The van der Waals surface area contributed by atoms with Gasteiger partial charge in [-0.1, -0.05) is 0 Å². The molecule has 0 aromatic rings. The molecule has 3 nitrogen and oxygen atoms in total. The van der Waals surface area contributed by atoms with E-state index in [9.17, 15) is 18.0 Å². The molecule has 0 saturated carbocycles. The van der Waals surface area contributed by atoms with Crippen LogP contribution in [0.3, 0.4) is 0 Å². The summed E-state index contributed by atoms with van der Waals surface area (Å²) in [6.45, 7) is 2.04. The Labute approximate surface area is 105 Å². The molecule has 18 heavy (non-hydrogen) atoms. The van der Waals surface area contributed by atoms with Crippen molar-refractivity contribution < 1.29 is 18.0 Å². The highest BCUT2D eigenvalue weighted by molar-refractivity contribution is 5.76. The molecule has 2 saturated heterocycles. The third-order valence-corrected chi connectivity index (χ3v) is 3.86. The SMILES string of the molecule is O=C(CC1CCNC1)N1CCCC(C(F)(F)F)C1. The van der Waals surface area contributed by atoms with E-state index in [1.54, 1.807) is 0 Å². The van der Waals surface area contributed by atoms with Crippen molar-refractivity contribution in [3.63, 3.8) is 0 Å². The Balaban J connectivity index is 1.86.